The van der Waals surface area contributed by atoms with Crippen LogP contribution < -0.4 is 10.6 Å². The molecule has 96 valence electrons. The Hall–Kier alpha value is -2.48. The summed E-state index contributed by atoms with van der Waals surface area (Å²) in [6.07, 6.45) is 1.72. The molecule has 7 nitrogen and oxygen atoms in total. The summed E-state index contributed by atoms with van der Waals surface area (Å²) in [5.74, 6) is 0. The average molecular weight is 274 g/mol. The normalized spacial score (nSPS) is 10.5. The molecule has 0 unspecified atom stereocenters. The molecule has 0 radical (unpaired) electrons. The summed E-state index contributed by atoms with van der Waals surface area (Å²) in [5, 5.41) is 14.2. The number of hydrogen-bond donors (Lipinski definition) is 3. The van der Waals surface area contributed by atoms with Crippen molar-refractivity contribution >= 4 is 33.5 Å². The van der Waals surface area contributed by atoms with Gasteiger partial charge in [-0.3, -0.25) is 5.32 Å². The van der Waals surface area contributed by atoms with E-state index in [1.54, 1.807) is 11.7 Å². The van der Waals surface area contributed by atoms with E-state index < -0.39 is 0 Å². The number of rotatable bonds is 3. The highest BCUT2D eigenvalue weighted by molar-refractivity contribution is 7.13. The molecule has 0 aromatic carbocycles. The van der Waals surface area contributed by atoms with E-state index in [0.717, 1.165) is 16.7 Å². The van der Waals surface area contributed by atoms with Crippen molar-refractivity contribution in [1.82, 2.24) is 25.5 Å². The third-order valence-electron chi connectivity index (χ3n) is 2.47. The van der Waals surface area contributed by atoms with Crippen LogP contribution in [0, 0.1) is 0 Å². The molecule has 0 aliphatic carbocycles. The van der Waals surface area contributed by atoms with Crippen molar-refractivity contribution in [1.29, 1.82) is 0 Å². The zero-order chi connectivity index (χ0) is 13.1. The van der Waals surface area contributed by atoms with E-state index in [4.69, 9.17) is 0 Å². The monoisotopic (exact) mass is 274 g/mol. The molecular weight excluding hydrogens is 264 g/mol. The maximum atomic E-state index is 11.6. The molecule has 3 heterocycles. The van der Waals surface area contributed by atoms with Gasteiger partial charge < -0.3 is 10.3 Å². The van der Waals surface area contributed by atoms with Gasteiger partial charge in [-0.05, 0) is 18.2 Å². The van der Waals surface area contributed by atoms with E-state index in [9.17, 15) is 4.79 Å². The molecule has 19 heavy (non-hydrogen) atoms. The fourth-order valence-corrected chi connectivity index (χ4v) is 2.09. The molecule has 0 fully saturated rings. The average Bonchev–Trinajstić information content (AvgIpc) is 3.04. The Balaban J connectivity index is 1.61. The van der Waals surface area contributed by atoms with Crippen LogP contribution in [-0.4, -0.2) is 26.2 Å². The van der Waals surface area contributed by atoms with Crippen molar-refractivity contribution in [3.8, 4) is 0 Å². The molecule has 0 saturated carbocycles. The van der Waals surface area contributed by atoms with Gasteiger partial charge in [-0.15, -0.1) is 10.2 Å². The SMILES string of the molecule is O=C(NCc1cc2cccnc2[nH]1)Nc1nncs1. The second-order valence-electron chi connectivity index (χ2n) is 3.79. The summed E-state index contributed by atoms with van der Waals surface area (Å²) in [7, 11) is 0. The van der Waals surface area contributed by atoms with Crippen molar-refractivity contribution in [3.05, 3.63) is 35.6 Å². The van der Waals surface area contributed by atoms with Crippen LogP contribution in [0.1, 0.15) is 5.69 Å². The molecule has 3 N–H and O–H groups in total. The number of aromatic amines is 1. The third-order valence-corrected chi connectivity index (χ3v) is 3.07. The van der Waals surface area contributed by atoms with Crippen LogP contribution >= 0.6 is 11.3 Å². The van der Waals surface area contributed by atoms with E-state index >= 15 is 0 Å². The fraction of sp³-hybridized carbons (Fsp3) is 0.0909. The maximum Gasteiger partial charge on any atom is 0.321 e. The van der Waals surface area contributed by atoms with Gasteiger partial charge in [0, 0.05) is 17.3 Å². The number of hydrogen-bond acceptors (Lipinski definition) is 5. The largest absolute Gasteiger partial charge is 0.342 e. The molecule has 3 rings (SSSR count). The van der Waals surface area contributed by atoms with Crippen LogP contribution in [0.15, 0.2) is 29.9 Å². The summed E-state index contributed by atoms with van der Waals surface area (Å²) < 4.78 is 0. The van der Waals surface area contributed by atoms with Crippen LogP contribution in [0.3, 0.4) is 0 Å². The number of nitrogens with one attached hydrogen (secondary N) is 3. The summed E-state index contributed by atoms with van der Waals surface area (Å²) in [6, 6.07) is 5.47. The number of nitrogens with zero attached hydrogens (tertiary/aromatic N) is 3. The lowest BCUT2D eigenvalue weighted by Gasteiger charge is -2.02. The van der Waals surface area contributed by atoms with Gasteiger partial charge in [0.05, 0.1) is 6.54 Å². The molecule has 0 bridgehead atoms. The zero-order valence-corrected chi connectivity index (χ0v) is 10.6. The first-order valence-corrected chi connectivity index (χ1v) is 6.43. The molecule has 0 aliphatic heterocycles. The number of aromatic nitrogens is 4. The Morgan fingerprint density at radius 1 is 1.47 bits per heavy atom. The number of H-pyrrole nitrogens is 1. The van der Waals surface area contributed by atoms with Gasteiger partial charge in [0.1, 0.15) is 11.2 Å². The van der Waals surface area contributed by atoms with E-state index in [-0.39, 0.29) is 6.03 Å². The number of carbonyl (C=O) groups is 1. The molecule has 0 atom stereocenters. The minimum Gasteiger partial charge on any atom is -0.342 e. The zero-order valence-electron chi connectivity index (χ0n) is 9.75. The Bertz CT molecular complexity index is 659. The Labute approximate surface area is 112 Å². The third kappa shape index (κ3) is 2.68. The molecule has 0 spiro atoms. The number of fused-ring (bicyclic) bond motifs is 1. The molecule has 8 heteroatoms. The van der Waals surface area contributed by atoms with Gasteiger partial charge in [-0.25, -0.2) is 9.78 Å². The van der Waals surface area contributed by atoms with Gasteiger partial charge in [0.25, 0.3) is 0 Å². The highest BCUT2D eigenvalue weighted by atomic mass is 32.1. The molecular formula is C11H10N6OS. The van der Waals surface area contributed by atoms with Crippen molar-refractivity contribution in [2.24, 2.45) is 0 Å². The Morgan fingerprint density at radius 2 is 2.42 bits per heavy atom. The highest BCUT2D eigenvalue weighted by Crippen LogP contribution is 2.12. The summed E-state index contributed by atoms with van der Waals surface area (Å²) in [6.45, 7) is 0.390. The van der Waals surface area contributed by atoms with Crippen LogP contribution in [0.4, 0.5) is 9.93 Å². The number of carbonyl (C=O) groups excluding carboxylic acids is 1. The quantitative estimate of drug-likeness (QED) is 0.677. The van der Waals surface area contributed by atoms with E-state index in [2.05, 4.69) is 30.8 Å². The van der Waals surface area contributed by atoms with Gasteiger partial charge >= 0.3 is 6.03 Å². The van der Waals surface area contributed by atoms with Gasteiger partial charge in [0.2, 0.25) is 5.13 Å². The fourth-order valence-electron chi connectivity index (χ4n) is 1.65. The minimum absolute atomic E-state index is 0.316. The Morgan fingerprint density at radius 3 is 3.21 bits per heavy atom. The lowest BCUT2D eigenvalue weighted by atomic mass is 10.3. The molecule has 3 aromatic rings. The highest BCUT2D eigenvalue weighted by Gasteiger charge is 2.05. The second-order valence-corrected chi connectivity index (χ2v) is 4.62. The predicted octanol–water partition coefficient (Wildman–Crippen LogP) is 1.74. The van der Waals surface area contributed by atoms with E-state index in [1.165, 1.54) is 11.3 Å². The first-order chi connectivity index (χ1) is 9.31. The lowest BCUT2D eigenvalue weighted by molar-refractivity contribution is 0.251. The standard InChI is InChI=1S/C11H10N6OS/c18-10(16-11-17-14-6-19-11)13-5-8-4-7-2-1-3-12-9(7)15-8/h1-4,6H,5H2,(H,12,15)(H2,13,16,17,18). The second kappa shape index (κ2) is 5.02. The van der Waals surface area contributed by atoms with E-state index in [1.807, 2.05) is 18.2 Å². The van der Waals surface area contributed by atoms with Crippen LogP contribution in [-0.2, 0) is 6.54 Å². The van der Waals surface area contributed by atoms with Crippen LogP contribution in [0.2, 0.25) is 0 Å². The molecule has 0 aliphatic rings. The summed E-state index contributed by atoms with van der Waals surface area (Å²) in [4.78, 5) is 18.9. The summed E-state index contributed by atoms with van der Waals surface area (Å²) in [5.41, 5.74) is 3.25. The van der Waals surface area contributed by atoms with Gasteiger partial charge in [-0.1, -0.05) is 11.3 Å². The molecule has 2 amide bonds. The van der Waals surface area contributed by atoms with Crippen molar-refractivity contribution in [2.75, 3.05) is 5.32 Å². The minimum atomic E-state index is -0.316. The van der Waals surface area contributed by atoms with Gasteiger partial charge in [0.15, 0.2) is 0 Å². The number of pyridine rings is 1. The summed E-state index contributed by atoms with van der Waals surface area (Å²) >= 11 is 1.26. The predicted molar refractivity (Wildman–Crippen MR) is 71.9 cm³/mol. The molecule has 0 saturated heterocycles. The lowest BCUT2D eigenvalue weighted by Crippen LogP contribution is -2.28. The first-order valence-electron chi connectivity index (χ1n) is 5.55. The number of amides is 2. The molecule has 3 aromatic heterocycles. The first kappa shape index (κ1) is 11.6. The smallest absolute Gasteiger partial charge is 0.321 e. The van der Waals surface area contributed by atoms with Gasteiger partial charge in [-0.2, -0.15) is 0 Å². The topological polar surface area (TPSA) is 95.6 Å². The Kier molecular flexibility index (Phi) is 3.07. The van der Waals surface area contributed by atoms with Crippen molar-refractivity contribution < 1.29 is 4.79 Å². The van der Waals surface area contributed by atoms with Crippen molar-refractivity contribution in [2.45, 2.75) is 6.54 Å². The van der Waals surface area contributed by atoms with E-state index in [0.29, 0.717) is 11.7 Å². The van der Waals surface area contributed by atoms with Crippen molar-refractivity contribution in [3.63, 3.8) is 0 Å². The number of urea groups is 1. The van der Waals surface area contributed by atoms with Crippen LogP contribution in [0.25, 0.3) is 11.0 Å². The maximum absolute atomic E-state index is 11.6. The van der Waals surface area contributed by atoms with Crippen LogP contribution in [0.5, 0.6) is 0 Å². The number of anilines is 1.